The van der Waals surface area contributed by atoms with Crippen LogP contribution in [0.15, 0.2) is 53.7 Å². The monoisotopic (exact) mass is 294 g/mol. The second-order valence-corrected chi connectivity index (χ2v) is 6.52. The number of rotatable bonds is 2. The fraction of sp³-hybridized carbons (Fsp3) is 0.176. The quantitative estimate of drug-likeness (QED) is 0.723. The van der Waals surface area contributed by atoms with Crippen molar-refractivity contribution in [2.45, 2.75) is 23.8 Å². The van der Waals surface area contributed by atoms with Gasteiger partial charge in [0.25, 0.3) is 0 Å². The Kier molecular flexibility index (Phi) is 2.86. The van der Waals surface area contributed by atoms with Crippen LogP contribution in [0.25, 0.3) is 11.0 Å². The molecular formula is C17H14N2OS. The van der Waals surface area contributed by atoms with E-state index in [2.05, 4.69) is 36.2 Å². The highest BCUT2D eigenvalue weighted by Crippen LogP contribution is 2.36. The zero-order valence-electron chi connectivity index (χ0n) is 11.6. The highest BCUT2D eigenvalue weighted by molar-refractivity contribution is 8.00. The number of thioether (sulfide) groups is 1. The Bertz CT molecular complexity index is 836. The van der Waals surface area contributed by atoms with Crippen LogP contribution < -0.4 is 0 Å². The molecule has 4 heteroatoms. The van der Waals surface area contributed by atoms with Crippen LogP contribution in [0, 0.1) is 6.92 Å². The number of carbonyl (C=O) groups is 1. The molecule has 2 aromatic carbocycles. The summed E-state index contributed by atoms with van der Waals surface area (Å²) in [6, 6.07) is 16.2. The molecule has 1 aromatic heterocycles. The predicted octanol–water partition coefficient (Wildman–Crippen LogP) is 3.70. The van der Waals surface area contributed by atoms with Gasteiger partial charge < -0.3 is 0 Å². The molecule has 104 valence electrons. The Labute approximate surface area is 127 Å². The van der Waals surface area contributed by atoms with Gasteiger partial charge in [0.1, 0.15) is 0 Å². The van der Waals surface area contributed by atoms with E-state index in [0.29, 0.717) is 0 Å². The highest BCUT2D eigenvalue weighted by atomic mass is 32.2. The van der Waals surface area contributed by atoms with E-state index in [0.717, 1.165) is 22.6 Å². The number of aryl methyl sites for hydroxylation is 1. The molecule has 1 aliphatic heterocycles. The number of nitrogens with zero attached hydrogens (tertiary/aromatic N) is 2. The van der Waals surface area contributed by atoms with E-state index in [-0.39, 0.29) is 11.2 Å². The van der Waals surface area contributed by atoms with Crippen molar-refractivity contribution in [1.29, 1.82) is 0 Å². The van der Waals surface area contributed by atoms with Gasteiger partial charge in [0.15, 0.2) is 5.16 Å². The molecule has 4 rings (SSSR count). The Hall–Kier alpha value is -2.07. The first-order valence-corrected chi connectivity index (χ1v) is 7.84. The van der Waals surface area contributed by atoms with Crippen molar-refractivity contribution in [1.82, 2.24) is 9.55 Å². The molecule has 0 radical (unpaired) electrons. The van der Waals surface area contributed by atoms with Crippen molar-refractivity contribution in [2.75, 3.05) is 0 Å². The van der Waals surface area contributed by atoms with E-state index < -0.39 is 0 Å². The minimum Gasteiger partial charge on any atom is -0.273 e. The summed E-state index contributed by atoms with van der Waals surface area (Å²) in [6.07, 6.45) is 0.751. The molecule has 3 nitrogen and oxygen atoms in total. The Morgan fingerprint density at radius 3 is 2.71 bits per heavy atom. The molecule has 0 bridgehead atoms. The van der Waals surface area contributed by atoms with Gasteiger partial charge in [-0.25, -0.2) is 4.98 Å². The van der Waals surface area contributed by atoms with Crippen molar-refractivity contribution in [3.05, 3.63) is 59.7 Å². The predicted molar refractivity (Wildman–Crippen MR) is 84.9 cm³/mol. The van der Waals surface area contributed by atoms with Crippen molar-refractivity contribution in [2.24, 2.45) is 0 Å². The lowest BCUT2D eigenvalue weighted by Crippen LogP contribution is -2.19. The summed E-state index contributed by atoms with van der Waals surface area (Å²) in [4.78, 5) is 17.2. The molecule has 21 heavy (non-hydrogen) atoms. The topological polar surface area (TPSA) is 34.9 Å². The maximum Gasteiger partial charge on any atom is 0.247 e. The summed E-state index contributed by atoms with van der Waals surface area (Å²) in [5.41, 5.74) is 4.24. The maximum atomic E-state index is 12.6. The lowest BCUT2D eigenvalue weighted by atomic mass is 10.1. The zero-order valence-corrected chi connectivity index (χ0v) is 12.4. The third-order valence-corrected chi connectivity index (χ3v) is 4.95. The van der Waals surface area contributed by atoms with Crippen LogP contribution in [0.5, 0.6) is 0 Å². The van der Waals surface area contributed by atoms with E-state index in [9.17, 15) is 4.79 Å². The normalized spacial score (nSPS) is 17.4. The van der Waals surface area contributed by atoms with E-state index in [1.54, 1.807) is 16.3 Å². The highest BCUT2D eigenvalue weighted by Gasteiger charge is 2.34. The molecule has 0 N–H and O–H groups in total. The van der Waals surface area contributed by atoms with E-state index in [1.807, 2.05) is 24.3 Å². The second-order valence-electron chi connectivity index (χ2n) is 5.35. The lowest BCUT2D eigenvalue weighted by molar-refractivity contribution is 0.0914. The molecule has 1 aliphatic rings. The van der Waals surface area contributed by atoms with Crippen molar-refractivity contribution >= 4 is 28.7 Å². The van der Waals surface area contributed by atoms with Crippen LogP contribution in [0.3, 0.4) is 0 Å². The molecule has 1 atom stereocenters. The molecule has 0 aliphatic carbocycles. The average molecular weight is 294 g/mol. The number of para-hydroxylation sites is 2. The molecule has 3 aromatic rings. The van der Waals surface area contributed by atoms with Gasteiger partial charge >= 0.3 is 0 Å². The summed E-state index contributed by atoms with van der Waals surface area (Å²) < 4.78 is 1.76. The maximum absolute atomic E-state index is 12.6. The Morgan fingerprint density at radius 1 is 1.14 bits per heavy atom. The van der Waals surface area contributed by atoms with Gasteiger partial charge in [-0.15, -0.1) is 0 Å². The SMILES string of the molecule is Cc1ccc(C[C@H]2Sc3nc4ccccc4n3C2=O)cc1. The Balaban J connectivity index is 1.65. The van der Waals surface area contributed by atoms with Crippen LogP contribution in [-0.4, -0.2) is 20.7 Å². The molecule has 0 spiro atoms. The summed E-state index contributed by atoms with van der Waals surface area (Å²) in [5.74, 6) is 0.143. The standard InChI is InChI=1S/C17H14N2OS/c1-11-6-8-12(9-7-11)10-15-16(20)19-14-5-3-2-4-13(14)18-17(19)21-15/h2-9,15H,10H2,1H3/t15-/m1/s1. The number of carbonyl (C=O) groups excluding carboxylic acids is 1. The van der Waals surface area contributed by atoms with Gasteiger partial charge in [0, 0.05) is 0 Å². The minimum absolute atomic E-state index is 0.0696. The largest absolute Gasteiger partial charge is 0.273 e. The van der Waals surface area contributed by atoms with Crippen LogP contribution in [0.2, 0.25) is 0 Å². The van der Waals surface area contributed by atoms with Crippen LogP contribution in [-0.2, 0) is 6.42 Å². The van der Waals surface area contributed by atoms with Gasteiger partial charge in [-0.2, -0.15) is 0 Å². The third kappa shape index (κ3) is 2.07. The zero-order chi connectivity index (χ0) is 14.4. The lowest BCUT2D eigenvalue weighted by Gasteiger charge is -2.07. The summed E-state index contributed by atoms with van der Waals surface area (Å²) in [7, 11) is 0. The third-order valence-electron chi connectivity index (χ3n) is 3.82. The number of fused-ring (bicyclic) bond motifs is 3. The number of imidazole rings is 1. The first kappa shape index (κ1) is 12.7. The van der Waals surface area contributed by atoms with E-state index in [4.69, 9.17) is 0 Å². The smallest absolute Gasteiger partial charge is 0.247 e. The first-order valence-electron chi connectivity index (χ1n) is 6.96. The van der Waals surface area contributed by atoms with Gasteiger partial charge in [0.2, 0.25) is 5.91 Å². The number of aromatic nitrogens is 2. The molecule has 0 saturated carbocycles. The minimum atomic E-state index is -0.0696. The fourth-order valence-electron chi connectivity index (χ4n) is 2.68. The van der Waals surface area contributed by atoms with Crippen molar-refractivity contribution in [3.63, 3.8) is 0 Å². The van der Waals surface area contributed by atoms with Crippen LogP contribution in [0.4, 0.5) is 0 Å². The van der Waals surface area contributed by atoms with Gasteiger partial charge in [-0.1, -0.05) is 53.7 Å². The summed E-state index contributed by atoms with van der Waals surface area (Å²) in [5, 5.41) is 0.748. The molecule has 2 heterocycles. The number of hydrogen-bond donors (Lipinski definition) is 0. The fourth-order valence-corrected chi connectivity index (χ4v) is 3.87. The summed E-state index contributed by atoms with van der Waals surface area (Å²) in [6.45, 7) is 2.07. The van der Waals surface area contributed by atoms with Gasteiger partial charge in [-0.05, 0) is 31.0 Å². The number of benzene rings is 2. The van der Waals surface area contributed by atoms with Gasteiger partial charge in [-0.3, -0.25) is 9.36 Å². The molecule has 0 amide bonds. The van der Waals surface area contributed by atoms with Crippen molar-refractivity contribution < 1.29 is 4.79 Å². The molecular weight excluding hydrogens is 280 g/mol. The average Bonchev–Trinajstić information content (AvgIpc) is 2.99. The molecule has 0 fully saturated rings. The summed E-state index contributed by atoms with van der Waals surface area (Å²) >= 11 is 1.57. The van der Waals surface area contributed by atoms with Crippen LogP contribution >= 0.6 is 11.8 Å². The van der Waals surface area contributed by atoms with E-state index in [1.165, 1.54) is 11.1 Å². The first-order chi connectivity index (χ1) is 10.2. The molecule has 0 unspecified atom stereocenters. The Morgan fingerprint density at radius 2 is 1.90 bits per heavy atom. The van der Waals surface area contributed by atoms with Crippen LogP contribution in [0.1, 0.15) is 15.9 Å². The second kappa shape index (κ2) is 4.74. The molecule has 0 saturated heterocycles. The van der Waals surface area contributed by atoms with Gasteiger partial charge in [0.05, 0.1) is 16.3 Å². The van der Waals surface area contributed by atoms with E-state index >= 15 is 0 Å². The number of hydrogen-bond acceptors (Lipinski definition) is 3. The van der Waals surface area contributed by atoms with Crippen molar-refractivity contribution in [3.8, 4) is 0 Å².